The van der Waals surface area contributed by atoms with E-state index >= 15 is 0 Å². The Morgan fingerprint density at radius 1 is 0.966 bits per heavy atom. The van der Waals surface area contributed by atoms with Crippen molar-refractivity contribution >= 4 is 16.8 Å². The number of nitrogens with two attached hydrogens (primary N) is 1. The van der Waals surface area contributed by atoms with Crippen LogP contribution in [0.4, 0.5) is 0 Å². The third-order valence-corrected chi connectivity index (χ3v) is 5.08. The van der Waals surface area contributed by atoms with Crippen LogP contribution in [0.2, 0.25) is 0 Å². The van der Waals surface area contributed by atoms with Crippen molar-refractivity contribution in [3.63, 3.8) is 0 Å². The molecule has 0 aliphatic heterocycles. The molecular formula is C24H24N4O. The molecule has 3 aromatic carbocycles. The zero-order valence-corrected chi connectivity index (χ0v) is 16.5. The normalized spacial score (nSPS) is 11.2. The predicted molar refractivity (Wildman–Crippen MR) is 116 cm³/mol. The molecule has 0 spiro atoms. The number of amides is 1. The van der Waals surface area contributed by atoms with Gasteiger partial charge in [0.1, 0.15) is 5.52 Å². The number of hydrogen-bond donors (Lipinski definition) is 1. The van der Waals surface area contributed by atoms with Crippen LogP contribution in [0.3, 0.4) is 0 Å². The van der Waals surface area contributed by atoms with Gasteiger partial charge < -0.3 is 10.6 Å². The Kier molecular flexibility index (Phi) is 5.40. The van der Waals surface area contributed by atoms with Crippen LogP contribution in [0.25, 0.3) is 16.6 Å². The van der Waals surface area contributed by atoms with Gasteiger partial charge in [-0.15, -0.1) is 0 Å². The largest absolute Gasteiger partial charge is 0.366 e. The van der Waals surface area contributed by atoms with E-state index in [0.29, 0.717) is 11.1 Å². The maximum absolute atomic E-state index is 11.6. The number of nitrogens with zero attached hydrogens (tertiary/aromatic N) is 3. The van der Waals surface area contributed by atoms with Crippen LogP contribution in [0.5, 0.6) is 0 Å². The second-order valence-electron chi connectivity index (χ2n) is 7.32. The van der Waals surface area contributed by atoms with Gasteiger partial charge in [0, 0.05) is 24.7 Å². The second kappa shape index (κ2) is 8.29. The molecule has 0 unspecified atom stereocenters. The highest BCUT2D eigenvalue weighted by Gasteiger charge is 2.11. The van der Waals surface area contributed by atoms with E-state index in [-0.39, 0.29) is 0 Å². The molecule has 4 aromatic rings. The molecule has 0 radical (unpaired) electrons. The molecule has 0 aliphatic rings. The molecular weight excluding hydrogens is 360 g/mol. The number of primary amides is 1. The van der Waals surface area contributed by atoms with Crippen molar-refractivity contribution in [3.05, 3.63) is 95.7 Å². The monoisotopic (exact) mass is 384 g/mol. The number of fused-ring (bicyclic) bond motifs is 1. The molecule has 4 rings (SSSR count). The number of likely N-dealkylation sites (N-methyl/N-ethyl adjacent to an activating group) is 1. The summed E-state index contributed by atoms with van der Waals surface area (Å²) >= 11 is 0. The van der Waals surface area contributed by atoms with Crippen LogP contribution in [0.1, 0.15) is 21.5 Å². The minimum Gasteiger partial charge on any atom is -0.366 e. The smallest absolute Gasteiger partial charge is 0.250 e. The predicted octanol–water partition coefficient (Wildman–Crippen LogP) is 3.80. The summed E-state index contributed by atoms with van der Waals surface area (Å²) in [6, 6.07) is 24.3. The minimum absolute atomic E-state index is 0.444. The average Bonchev–Trinajstić information content (AvgIpc) is 3.17. The van der Waals surface area contributed by atoms with Crippen LogP contribution in [0, 0.1) is 0 Å². The molecule has 0 saturated heterocycles. The third-order valence-electron chi connectivity index (χ3n) is 5.08. The first kappa shape index (κ1) is 18.9. The molecule has 1 heterocycles. The summed E-state index contributed by atoms with van der Waals surface area (Å²) < 4.78 is 1.79. The number of carbonyl (C=O) groups is 1. The van der Waals surface area contributed by atoms with E-state index in [1.54, 1.807) is 10.7 Å². The van der Waals surface area contributed by atoms with Gasteiger partial charge in [-0.3, -0.25) is 4.79 Å². The first-order valence-electron chi connectivity index (χ1n) is 9.70. The molecule has 5 heteroatoms. The number of rotatable bonds is 7. The molecule has 1 aromatic heterocycles. The Balaban J connectivity index is 1.43. The van der Waals surface area contributed by atoms with Crippen molar-refractivity contribution < 1.29 is 4.79 Å². The van der Waals surface area contributed by atoms with E-state index in [9.17, 15) is 4.79 Å². The fraction of sp³-hybridized carbons (Fsp3) is 0.167. The molecule has 29 heavy (non-hydrogen) atoms. The molecule has 146 valence electrons. The van der Waals surface area contributed by atoms with E-state index in [1.807, 2.05) is 24.4 Å². The third kappa shape index (κ3) is 4.36. The van der Waals surface area contributed by atoms with Crippen LogP contribution in [0.15, 0.2) is 79.0 Å². The van der Waals surface area contributed by atoms with Crippen LogP contribution in [-0.2, 0) is 13.0 Å². The first-order chi connectivity index (χ1) is 14.1. The van der Waals surface area contributed by atoms with Gasteiger partial charge in [-0.1, -0.05) is 54.6 Å². The zero-order valence-electron chi connectivity index (χ0n) is 16.5. The molecule has 2 N–H and O–H groups in total. The fourth-order valence-corrected chi connectivity index (χ4v) is 3.49. The first-order valence-corrected chi connectivity index (χ1v) is 9.70. The second-order valence-corrected chi connectivity index (χ2v) is 7.32. The number of aromatic nitrogens is 2. The van der Waals surface area contributed by atoms with Gasteiger partial charge in [0.15, 0.2) is 0 Å². The Labute approximate surface area is 170 Å². The van der Waals surface area contributed by atoms with Crippen molar-refractivity contribution in [1.82, 2.24) is 14.7 Å². The van der Waals surface area contributed by atoms with Gasteiger partial charge in [-0.2, -0.15) is 5.10 Å². The molecule has 1 amide bonds. The fourth-order valence-electron chi connectivity index (χ4n) is 3.49. The highest BCUT2D eigenvalue weighted by molar-refractivity contribution is 6.04. The molecule has 0 saturated carbocycles. The Morgan fingerprint density at radius 2 is 1.72 bits per heavy atom. The maximum atomic E-state index is 11.6. The van der Waals surface area contributed by atoms with E-state index in [2.05, 4.69) is 65.6 Å². The van der Waals surface area contributed by atoms with Gasteiger partial charge in [0.25, 0.3) is 5.91 Å². The zero-order chi connectivity index (χ0) is 20.2. The molecule has 0 bridgehead atoms. The van der Waals surface area contributed by atoms with E-state index in [4.69, 9.17) is 5.73 Å². The number of benzene rings is 3. The Morgan fingerprint density at radius 3 is 2.45 bits per heavy atom. The Bertz CT molecular complexity index is 1120. The van der Waals surface area contributed by atoms with Gasteiger partial charge in [-0.05, 0) is 42.8 Å². The number of carbonyl (C=O) groups excluding carboxylic acids is 1. The summed E-state index contributed by atoms with van der Waals surface area (Å²) in [7, 11) is 2.15. The van der Waals surface area contributed by atoms with Crippen molar-refractivity contribution in [2.75, 3.05) is 13.6 Å². The lowest BCUT2D eigenvalue weighted by Crippen LogP contribution is -2.20. The van der Waals surface area contributed by atoms with Crippen LogP contribution in [-0.4, -0.2) is 34.2 Å². The van der Waals surface area contributed by atoms with Gasteiger partial charge in [0.05, 0.1) is 11.3 Å². The lowest BCUT2D eigenvalue weighted by molar-refractivity contribution is 0.100. The van der Waals surface area contributed by atoms with Gasteiger partial charge in [0.2, 0.25) is 0 Å². The topological polar surface area (TPSA) is 64.2 Å². The highest BCUT2D eigenvalue weighted by Crippen LogP contribution is 2.20. The quantitative estimate of drug-likeness (QED) is 0.527. The summed E-state index contributed by atoms with van der Waals surface area (Å²) in [5, 5.41) is 5.46. The highest BCUT2D eigenvalue weighted by atomic mass is 16.1. The van der Waals surface area contributed by atoms with Crippen LogP contribution < -0.4 is 5.73 Å². The van der Waals surface area contributed by atoms with Crippen molar-refractivity contribution in [2.24, 2.45) is 5.73 Å². The standard InChI is InChI=1S/C24H24N4O/c1-27(16-19-6-3-2-4-7-19)15-14-18-10-12-21(13-11-18)28-17-20-8-5-9-22(24(25)29)23(20)26-28/h2-13,17H,14-16H2,1H3,(H2,25,29). The maximum Gasteiger partial charge on any atom is 0.250 e. The van der Waals surface area contributed by atoms with Gasteiger partial charge in [-0.25, -0.2) is 4.68 Å². The summed E-state index contributed by atoms with van der Waals surface area (Å²) in [5.41, 5.74) is 10.1. The van der Waals surface area contributed by atoms with Gasteiger partial charge >= 0.3 is 0 Å². The number of hydrogen-bond acceptors (Lipinski definition) is 3. The summed E-state index contributed by atoms with van der Waals surface area (Å²) in [6.45, 7) is 1.93. The van der Waals surface area contributed by atoms with Crippen molar-refractivity contribution in [3.8, 4) is 5.69 Å². The lowest BCUT2D eigenvalue weighted by Gasteiger charge is -2.16. The van der Waals surface area contributed by atoms with E-state index in [1.165, 1.54) is 11.1 Å². The summed E-state index contributed by atoms with van der Waals surface area (Å²) in [6.07, 6.45) is 2.90. The SMILES string of the molecule is CN(CCc1ccc(-n2cc3cccc(C(N)=O)c3n2)cc1)Cc1ccccc1. The average molecular weight is 384 g/mol. The summed E-state index contributed by atoms with van der Waals surface area (Å²) in [5.74, 6) is -0.462. The summed E-state index contributed by atoms with van der Waals surface area (Å²) in [4.78, 5) is 13.9. The lowest BCUT2D eigenvalue weighted by atomic mass is 10.1. The van der Waals surface area contributed by atoms with E-state index < -0.39 is 5.91 Å². The molecule has 0 aliphatic carbocycles. The van der Waals surface area contributed by atoms with Crippen LogP contribution >= 0.6 is 0 Å². The molecule has 0 fully saturated rings. The Hall–Kier alpha value is -3.44. The van der Waals surface area contributed by atoms with E-state index in [0.717, 1.165) is 30.6 Å². The molecule has 0 atom stereocenters. The minimum atomic E-state index is -0.462. The van der Waals surface area contributed by atoms with Crippen molar-refractivity contribution in [2.45, 2.75) is 13.0 Å². The van der Waals surface area contributed by atoms with Crippen molar-refractivity contribution in [1.29, 1.82) is 0 Å². The molecule has 5 nitrogen and oxygen atoms in total.